The molecule has 1 aromatic heterocycles. The zero-order valence-electron chi connectivity index (χ0n) is 13.8. The second-order valence-corrected chi connectivity index (χ2v) is 7.74. The number of halogens is 1. The number of rotatable bonds is 5. The second-order valence-electron chi connectivity index (χ2n) is 5.21. The molecule has 7 nitrogen and oxygen atoms in total. The third kappa shape index (κ3) is 3.31. The molecule has 1 heterocycles. The highest BCUT2D eigenvalue weighted by atomic mass is 35.5. The minimum absolute atomic E-state index is 0.0397. The number of ether oxygens (including phenoxy) is 1. The van der Waals surface area contributed by atoms with E-state index < -0.39 is 16.0 Å². The van der Waals surface area contributed by atoms with Gasteiger partial charge in [0, 0.05) is 19.7 Å². The average Bonchev–Trinajstić information content (AvgIpc) is 2.89. The van der Waals surface area contributed by atoms with Crippen LogP contribution in [-0.2, 0) is 14.8 Å². The molecule has 0 spiro atoms. The molecular weight excluding hydrogens is 354 g/mol. The minimum Gasteiger partial charge on any atom is -0.461 e. The maximum atomic E-state index is 12.4. The zero-order chi connectivity index (χ0) is 18.1. The van der Waals surface area contributed by atoms with Crippen molar-refractivity contribution in [3.05, 3.63) is 34.6 Å². The molecule has 0 aliphatic rings. The van der Waals surface area contributed by atoms with Crippen LogP contribution >= 0.6 is 11.6 Å². The summed E-state index contributed by atoms with van der Waals surface area (Å²) in [6.45, 7) is 3.63. The monoisotopic (exact) mass is 371 g/mol. The fourth-order valence-corrected chi connectivity index (χ4v) is 3.58. The molecule has 0 amide bonds. The molecule has 0 unspecified atom stereocenters. The van der Waals surface area contributed by atoms with E-state index >= 15 is 0 Å². The van der Waals surface area contributed by atoms with Crippen molar-refractivity contribution in [3.63, 3.8) is 0 Å². The van der Waals surface area contributed by atoms with Crippen molar-refractivity contribution in [1.82, 2.24) is 14.5 Å². The fraction of sp³-hybridized carbons (Fsp3) is 0.333. The van der Waals surface area contributed by atoms with Gasteiger partial charge in [0.25, 0.3) is 0 Å². The van der Waals surface area contributed by atoms with E-state index in [-0.39, 0.29) is 22.2 Å². The lowest BCUT2D eigenvalue weighted by Gasteiger charge is -2.14. The predicted octanol–water partition coefficient (Wildman–Crippen LogP) is 2.47. The van der Waals surface area contributed by atoms with Gasteiger partial charge in [0.15, 0.2) is 5.69 Å². The van der Waals surface area contributed by atoms with Gasteiger partial charge in [-0.05, 0) is 31.5 Å². The molecule has 0 bridgehead atoms. The van der Waals surface area contributed by atoms with E-state index in [4.69, 9.17) is 16.3 Å². The first kappa shape index (κ1) is 18.4. The summed E-state index contributed by atoms with van der Waals surface area (Å²) in [5, 5.41) is 6.77. The highest BCUT2D eigenvalue weighted by Gasteiger charge is 2.24. The number of nitrogens with zero attached hydrogens (tertiary/aromatic N) is 2. The summed E-state index contributed by atoms with van der Waals surface area (Å²) in [6.07, 6.45) is 0. The van der Waals surface area contributed by atoms with Gasteiger partial charge in [0.2, 0.25) is 10.0 Å². The smallest absolute Gasteiger partial charge is 0.356 e. The number of hydrogen-bond donors (Lipinski definition) is 1. The fourth-order valence-electron chi connectivity index (χ4n) is 2.19. The number of carbonyl (C=O) groups is 1. The van der Waals surface area contributed by atoms with Crippen molar-refractivity contribution in [2.75, 3.05) is 20.7 Å². The first-order chi connectivity index (χ1) is 11.2. The van der Waals surface area contributed by atoms with Crippen molar-refractivity contribution in [2.24, 2.45) is 0 Å². The van der Waals surface area contributed by atoms with Crippen LogP contribution in [0.5, 0.6) is 0 Å². The van der Waals surface area contributed by atoms with Crippen LogP contribution in [0.15, 0.2) is 23.1 Å². The number of H-pyrrole nitrogens is 1. The van der Waals surface area contributed by atoms with E-state index in [0.717, 1.165) is 4.31 Å². The number of benzene rings is 1. The molecule has 130 valence electrons. The predicted molar refractivity (Wildman–Crippen MR) is 90.6 cm³/mol. The van der Waals surface area contributed by atoms with Gasteiger partial charge in [0.1, 0.15) is 4.90 Å². The number of sulfonamides is 1. The van der Waals surface area contributed by atoms with Crippen molar-refractivity contribution in [3.8, 4) is 11.1 Å². The Morgan fingerprint density at radius 2 is 2.04 bits per heavy atom. The number of carbonyl (C=O) groups excluding carboxylic acids is 1. The van der Waals surface area contributed by atoms with Crippen LogP contribution in [-0.4, -0.2) is 49.6 Å². The number of hydrogen-bond acceptors (Lipinski definition) is 5. The van der Waals surface area contributed by atoms with Gasteiger partial charge in [-0.15, -0.1) is 0 Å². The molecule has 0 atom stereocenters. The Kier molecular flexibility index (Phi) is 5.32. The molecule has 0 radical (unpaired) electrons. The van der Waals surface area contributed by atoms with E-state index in [0.29, 0.717) is 16.8 Å². The van der Waals surface area contributed by atoms with Gasteiger partial charge in [-0.3, -0.25) is 5.10 Å². The van der Waals surface area contributed by atoms with E-state index in [1.807, 2.05) is 0 Å². The Bertz CT molecular complexity index is 875. The van der Waals surface area contributed by atoms with Crippen molar-refractivity contribution >= 4 is 27.6 Å². The van der Waals surface area contributed by atoms with Gasteiger partial charge in [-0.1, -0.05) is 17.7 Å². The van der Waals surface area contributed by atoms with E-state index in [9.17, 15) is 13.2 Å². The van der Waals surface area contributed by atoms with Crippen LogP contribution in [0.3, 0.4) is 0 Å². The molecule has 24 heavy (non-hydrogen) atoms. The van der Waals surface area contributed by atoms with Gasteiger partial charge < -0.3 is 4.74 Å². The number of nitrogens with one attached hydrogen (secondary N) is 1. The molecule has 2 aromatic rings. The topological polar surface area (TPSA) is 92.4 Å². The lowest BCUT2D eigenvalue weighted by Crippen LogP contribution is -2.22. The summed E-state index contributed by atoms with van der Waals surface area (Å²) >= 11 is 6.06. The number of aromatic nitrogens is 2. The average molecular weight is 372 g/mol. The molecule has 0 aliphatic heterocycles. The standard InChI is InChI=1S/C15H18ClN3O4S/c1-5-23-15(20)14-13(9(2)17-18-14)10-6-7-11(16)12(8-10)24(21,22)19(3)4/h6-8H,5H2,1-4H3,(H,17,18). The molecule has 2 rings (SSSR count). The van der Waals surface area contributed by atoms with E-state index in [1.54, 1.807) is 19.9 Å². The molecule has 9 heteroatoms. The summed E-state index contributed by atoms with van der Waals surface area (Å²) in [5.74, 6) is -0.555. The van der Waals surface area contributed by atoms with Crippen LogP contribution in [0.25, 0.3) is 11.1 Å². The first-order valence-corrected chi connectivity index (χ1v) is 8.96. The summed E-state index contributed by atoms with van der Waals surface area (Å²) in [7, 11) is -0.879. The van der Waals surface area contributed by atoms with Crippen molar-refractivity contribution in [1.29, 1.82) is 0 Å². The third-order valence-electron chi connectivity index (χ3n) is 3.41. The maximum absolute atomic E-state index is 12.4. The van der Waals surface area contributed by atoms with Gasteiger partial charge in [-0.25, -0.2) is 17.5 Å². The van der Waals surface area contributed by atoms with Crippen LogP contribution in [0.4, 0.5) is 0 Å². The Labute approximate surface area is 145 Å². The summed E-state index contributed by atoms with van der Waals surface area (Å²) in [4.78, 5) is 12.0. The third-order valence-corrected chi connectivity index (χ3v) is 5.70. The summed E-state index contributed by atoms with van der Waals surface area (Å²) < 4.78 is 30.9. The maximum Gasteiger partial charge on any atom is 0.356 e. The number of aryl methyl sites for hydroxylation is 1. The van der Waals surface area contributed by atoms with Crippen LogP contribution < -0.4 is 0 Å². The highest BCUT2D eigenvalue weighted by Crippen LogP contribution is 2.32. The van der Waals surface area contributed by atoms with Gasteiger partial charge in [-0.2, -0.15) is 5.10 Å². The zero-order valence-corrected chi connectivity index (χ0v) is 15.3. The van der Waals surface area contributed by atoms with Crippen molar-refractivity contribution < 1.29 is 17.9 Å². The number of aromatic amines is 1. The quantitative estimate of drug-likeness (QED) is 0.815. The highest BCUT2D eigenvalue weighted by molar-refractivity contribution is 7.89. The SMILES string of the molecule is CCOC(=O)c1[nH]nc(C)c1-c1ccc(Cl)c(S(=O)(=O)N(C)C)c1. The van der Waals surface area contributed by atoms with Gasteiger partial charge in [0.05, 0.1) is 17.3 Å². The van der Waals surface area contributed by atoms with Gasteiger partial charge >= 0.3 is 5.97 Å². The Hall–Kier alpha value is -1.90. The first-order valence-electron chi connectivity index (χ1n) is 7.14. The summed E-state index contributed by atoms with van der Waals surface area (Å²) in [6, 6.07) is 4.55. The molecule has 1 N–H and O–H groups in total. The minimum atomic E-state index is -3.72. The number of esters is 1. The second kappa shape index (κ2) is 6.92. The molecule has 0 aliphatic carbocycles. The van der Waals surface area contributed by atoms with Crippen LogP contribution in [0.2, 0.25) is 5.02 Å². The molecule has 0 saturated heterocycles. The molecule has 1 aromatic carbocycles. The Morgan fingerprint density at radius 1 is 1.38 bits per heavy atom. The van der Waals surface area contributed by atoms with Crippen LogP contribution in [0, 0.1) is 6.92 Å². The lowest BCUT2D eigenvalue weighted by molar-refractivity contribution is 0.0520. The summed E-state index contributed by atoms with van der Waals surface area (Å²) in [5.41, 5.74) is 1.72. The van der Waals surface area contributed by atoms with E-state index in [2.05, 4.69) is 10.2 Å². The molecular formula is C15H18ClN3O4S. The molecule has 0 saturated carbocycles. The lowest BCUT2D eigenvalue weighted by atomic mass is 10.0. The normalized spacial score (nSPS) is 11.8. The molecule has 0 fully saturated rings. The van der Waals surface area contributed by atoms with Crippen LogP contribution in [0.1, 0.15) is 23.1 Å². The largest absolute Gasteiger partial charge is 0.461 e. The van der Waals surface area contributed by atoms with Crippen molar-refractivity contribution in [2.45, 2.75) is 18.7 Å². The van der Waals surface area contributed by atoms with E-state index in [1.165, 1.54) is 26.2 Å². The Balaban J connectivity index is 2.64. The Morgan fingerprint density at radius 3 is 2.62 bits per heavy atom.